The van der Waals surface area contributed by atoms with Crippen LogP contribution in [0.3, 0.4) is 0 Å². The lowest BCUT2D eigenvalue weighted by molar-refractivity contribution is 0.145. The van der Waals surface area contributed by atoms with Crippen molar-refractivity contribution in [2.75, 3.05) is 32.8 Å². The molecule has 2 aromatic heterocycles. The minimum Gasteiger partial charge on any atom is -0.469 e. The zero-order chi connectivity index (χ0) is 17.6. The van der Waals surface area contributed by atoms with Gasteiger partial charge in [-0.1, -0.05) is 5.21 Å². The summed E-state index contributed by atoms with van der Waals surface area (Å²) < 4.78 is 12.5. The summed E-state index contributed by atoms with van der Waals surface area (Å²) in [5.74, 6) is 1.79. The lowest BCUT2D eigenvalue weighted by Crippen LogP contribution is -2.39. The van der Waals surface area contributed by atoms with E-state index in [0.717, 1.165) is 70.4 Å². The number of nitrogens with one attached hydrogen (secondary N) is 2. The van der Waals surface area contributed by atoms with Gasteiger partial charge in [0.25, 0.3) is 0 Å². The molecule has 0 aromatic carbocycles. The fourth-order valence-electron chi connectivity index (χ4n) is 2.23. The highest BCUT2D eigenvalue weighted by molar-refractivity contribution is 14.0. The summed E-state index contributed by atoms with van der Waals surface area (Å²) in [6.07, 6.45) is 7.92. The van der Waals surface area contributed by atoms with Crippen LogP contribution < -0.4 is 10.6 Å². The van der Waals surface area contributed by atoms with E-state index in [9.17, 15) is 0 Å². The summed E-state index contributed by atoms with van der Waals surface area (Å²) >= 11 is 0. The average molecular weight is 476 g/mol. The number of aryl methyl sites for hydroxylation is 1. The number of hydrogen-bond donors (Lipinski definition) is 2. The maximum atomic E-state index is 5.36. The van der Waals surface area contributed by atoms with Crippen molar-refractivity contribution < 1.29 is 9.15 Å². The summed E-state index contributed by atoms with van der Waals surface area (Å²) in [6.45, 7) is 6.66. The quantitative estimate of drug-likeness (QED) is 0.211. The van der Waals surface area contributed by atoms with Crippen molar-refractivity contribution in [2.24, 2.45) is 4.99 Å². The minimum absolute atomic E-state index is 0. The Bertz CT molecular complexity index is 574. The molecule has 0 saturated carbocycles. The van der Waals surface area contributed by atoms with Gasteiger partial charge < -0.3 is 19.8 Å². The second-order valence-electron chi connectivity index (χ2n) is 5.48. The number of furan rings is 1. The molecule has 146 valence electrons. The van der Waals surface area contributed by atoms with Crippen molar-refractivity contribution >= 4 is 29.9 Å². The Hall–Kier alpha value is -1.62. The largest absolute Gasteiger partial charge is 0.469 e. The van der Waals surface area contributed by atoms with Gasteiger partial charge in [0.15, 0.2) is 5.96 Å². The Kier molecular flexibility index (Phi) is 12.5. The lowest BCUT2D eigenvalue weighted by atomic mass is 10.3. The van der Waals surface area contributed by atoms with Crippen LogP contribution in [0.5, 0.6) is 0 Å². The molecule has 0 atom stereocenters. The van der Waals surface area contributed by atoms with Gasteiger partial charge in [-0.15, -0.1) is 29.1 Å². The number of aromatic nitrogens is 3. The zero-order valence-electron chi connectivity index (χ0n) is 15.3. The Morgan fingerprint density at radius 3 is 2.92 bits per heavy atom. The topological polar surface area (TPSA) is 89.5 Å². The molecule has 2 rings (SSSR count). The number of aliphatic imine (C=N–C) groups is 1. The first-order valence-electron chi connectivity index (χ1n) is 8.85. The Labute approximate surface area is 171 Å². The van der Waals surface area contributed by atoms with Gasteiger partial charge in [0.1, 0.15) is 5.76 Å². The molecule has 0 aliphatic rings. The predicted molar refractivity (Wildman–Crippen MR) is 112 cm³/mol. The van der Waals surface area contributed by atoms with E-state index >= 15 is 0 Å². The standard InChI is InChI=1S/C17H28N6O2.HI/c1-2-24-14-5-9-19-17(20-10-7-16-6-3-15-25-16)18-8-4-12-23-13-11-21-22-23;/h3,6,11,13,15H,2,4-5,7-10,12,14H2,1H3,(H2,18,19,20);1H. The predicted octanol–water partition coefficient (Wildman–Crippen LogP) is 2.08. The van der Waals surface area contributed by atoms with E-state index in [1.165, 1.54) is 0 Å². The third-order valence-corrected chi connectivity index (χ3v) is 3.49. The Balaban J connectivity index is 0.00000338. The Morgan fingerprint density at radius 2 is 2.19 bits per heavy atom. The van der Waals surface area contributed by atoms with Gasteiger partial charge in [-0.2, -0.15) is 0 Å². The van der Waals surface area contributed by atoms with Crippen molar-refractivity contribution in [3.05, 3.63) is 36.5 Å². The van der Waals surface area contributed by atoms with Gasteiger partial charge in [-0.25, -0.2) is 0 Å². The van der Waals surface area contributed by atoms with Gasteiger partial charge in [0.05, 0.1) is 12.5 Å². The number of nitrogens with zero attached hydrogens (tertiary/aromatic N) is 4. The van der Waals surface area contributed by atoms with Crippen LogP contribution in [0.4, 0.5) is 0 Å². The molecule has 9 heteroatoms. The van der Waals surface area contributed by atoms with E-state index in [1.807, 2.05) is 29.9 Å². The number of halogens is 1. The zero-order valence-corrected chi connectivity index (χ0v) is 17.6. The van der Waals surface area contributed by atoms with Gasteiger partial charge in [0.2, 0.25) is 0 Å². The van der Waals surface area contributed by atoms with E-state index in [4.69, 9.17) is 9.15 Å². The molecule has 0 aliphatic carbocycles. The fraction of sp³-hybridized carbons (Fsp3) is 0.588. The van der Waals surface area contributed by atoms with Crippen molar-refractivity contribution in [3.8, 4) is 0 Å². The van der Waals surface area contributed by atoms with Crippen molar-refractivity contribution in [2.45, 2.75) is 32.7 Å². The third kappa shape index (κ3) is 9.76. The molecule has 0 unspecified atom stereocenters. The molecular weight excluding hydrogens is 447 g/mol. The minimum atomic E-state index is 0. The molecule has 0 bridgehead atoms. The molecule has 2 heterocycles. The van der Waals surface area contributed by atoms with Crippen LogP contribution in [-0.4, -0.2) is 53.8 Å². The third-order valence-electron chi connectivity index (χ3n) is 3.49. The van der Waals surface area contributed by atoms with Gasteiger partial charge in [0, 0.05) is 52.0 Å². The molecule has 0 radical (unpaired) electrons. The highest BCUT2D eigenvalue weighted by atomic mass is 127. The van der Waals surface area contributed by atoms with Crippen LogP contribution in [0, 0.1) is 0 Å². The van der Waals surface area contributed by atoms with E-state index in [-0.39, 0.29) is 24.0 Å². The summed E-state index contributed by atoms with van der Waals surface area (Å²) in [5, 5.41) is 14.4. The summed E-state index contributed by atoms with van der Waals surface area (Å²) in [6, 6.07) is 3.88. The molecular formula is C17H29IN6O2. The van der Waals surface area contributed by atoms with Gasteiger partial charge >= 0.3 is 0 Å². The van der Waals surface area contributed by atoms with Gasteiger partial charge in [-0.3, -0.25) is 9.67 Å². The molecule has 2 N–H and O–H groups in total. The molecule has 0 saturated heterocycles. The van der Waals surface area contributed by atoms with Crippen LogP contribution in [0.2, 0.25) is 0 Å². The van der Waals surface area contributed by atoms with E-state index in [0.29, 0.717) is 0 Å². The van der Waals surface area contributed by atoms with Crippen molar-refractivity contribution in [1.29, 1.82) is 0 Å². The summed E-state index contributed by atoms with van der Waals surface area (Å²) in [5.41, 5.74) is 0. The van der Waals surface area contributed by atoms with Crippen molar-refractivity contribution in [1.82, 2.24) is 25.6 Å². The SMILES string of the molecule is CCOCCCNC(=NCCCn1ccnn1)NCCc1ccco1.I. The molecule has 8 nitrogen and oxygen atoms in total. The number of hydrogen-bond acceptors (Lipinski definition) is 5. The van der Waals surface area contributed by atoms with Crippen LogP contribution >= 0.6 is 24.0 Å². The number of ether oxygens (including phenoxy) is 1. The molecule has 26 heavy (non-hydrogen) atoms. The maximum Gasteiger partial charge on any atom is 0.191 e. The summed E-state index contributed by atoms with van der Waals surface area (Å²) in [4.78, 5) is 4.62. The lowest BCUT2D eigenvalue weighted by Gasteiger charge is -2.12. The second-order valence-corrected chi connectivity index (χ2v) is 5.48. The first kappa shape index (κ1) is 22.4. The average Bonchev–Trinajstić information content (AvgIpc) is 3.31. The first-order valence-corrected chi connectivity index (χ1v) is 8.85. The molecule has 0 fully saturated rings. The van der Waals surface area contributed by atoms with Crippen LogP contribution in [0.1, 0.15) is 25.5 Å². The number of rotatable bonds is 12. The van der Waals surface area contributed by atoms with Crippen LogP contribution in [-0.2, 0) is 17.7 Å². The summed E-state index contributed by atoms with van der Waals surface area (Å²) in [7, 11) is 0. The normalized spacial score (nSPS) is 11.2. The highest BCUT2D eigenvalue weighted by Crippen LogP contribution is 1.99. The molecule has 0 amide bonds. The first-order chi connectivity index (χ1) is 12.4. The van der Waals surface area contributed by atoms with E-state index in [1.54, 1.807) is 12.5 Å². The van der Waals surface area contributed by atoms with Crippen LogP contribution in [0.15, 0.2) is 40.2 Å². The van der Waals surface area contributed by atoms with Gasteiger partial charge in [-0.05, 0) is 31.9 Å². The van der Waals surface area contributed by atoms with Crippen LogP contribution in [0.25, 0.3) is 0 Å². The maximum absolute atomic E-state index is 5.36. The fourth-order valence-corrected chi connectivity index (χ4v) is 2.23. The molecule has 0 aliphatic heterocycles. The molecule has 2 aromatic rings. The van der Waals surface area contributed by atoms with E-state index < -0.39 is 0 Å². The number of guanidine groups is 1. The second kappa shape index (κ2) is 14.5. The molecule has 0 spiro atoms. The monoisotopic (exact) mass is 476 g/mol. The highest BCUT2D eigenvalue weighted by Gasteiger charge is 2.00. The smallest absolute Gasteiger partial charge is 0.191 e. The van der Waals surface area contributed by atoms with Crippen molar-refractivity contribution in [3.63, 3.8) is 0 Å². The Morgan fingerprint density at radius 1 is 1.31 bits per heavy atom. The van der Waals surface area contributed by atoms with E-state index in [2.05, 4.69) is 25.9 Å².